The molecule has 0 spiro atoms. The highest BCUT2D eigenvalue weighted by Gasteiger charge is 2.11. The van der Waals surface area contributed by atoms with Crippen LogP contribution in [0.2, 0.25) is 0 Å². The molecule has 0 aliphatic carbocycles. The first kappa shape index (κ1) is 22.4. The normalized spacial score (nSPS) is 11.2. The maximum atomic E-state index is 12.0. The first-order valence-electron chi connectivity index (χ1n) is 9.10. The van der Waals surface area contributed by atoms with Gasteiger partial charge in [-0.15, -0.1) is 0 Å². The number of hydrazone groups is 1. The van der Waals surface area contributed by atoms with Crippen LogP contribution in [0.5, 0.6) is 5.75 Å². The van der Waals surface area contributed by atoms with Gasteiger partial charge in [-0.05, 0) is 42.2 Å². The molecule has 10 heteroatoms. The number of benzene rings is 1. The highest BCUT2D eigenvalue weighted by atomic mass is 32.2. The number of nitrogens with one attached hydrogen (secondary N) is 1. The lowest BCUT2D eigenvalue weighted by molar-refractivity contribution is -0.118. The summed E-state index contributed by atoms with van der Waals surface area (Å²) in [7, 11) is 2.80. The van der Waals surface area contributed by atoms with Gasteiger partial charge in [0, 0.05) is 14.1 Å². The summed E-state index contributed by atoms with van der Waals surface area (Å²) >= 11 is 0.943. The summed E-state index contributed by atoms with van der Waals surface area (Å²) in [5, 5.41) is 7.85. The van der Waals surface area contributed by atoms with Crippen molar-refractivity contribution in [1.82, 2.24) is 19.8 Å². The lowest BCUT2D eigenvalue weighted by Crippen LogP contribution is -2.39. The molecule has 29 heavy (non-hydrogen) atoms. The maximum Gasteiger partial charge on any atom is 0.346 e. The second-order valence-corrected chi connectivity index (χ2v) is 7.72. The topological polar surface area (TPSA) is 108 Å². The molecule has 2 rings (SSSR count). The lowest BCUT2D eigenvalue weighted by atomic mass is 10.1. The Morgan fingerprint density at radius 1 is 1.28 bits per heavy atom. The summed E-state index contributed by atoms with van der Waals surface area (Å²) in [4.78, 5) is 35.5. The third-order valence-corrected chi connectivity index (χ3v) is 4.82. The van der Waals surface area contributed by atoms with Gasteiger partial charge in [-0.3, -0.25) is 14.2 Å². The molecular weight excluding hydrogens is 394 g/mol. The maximum absolute atomic E-state index is 12.0. The monoisotopic (exact) mass is 419 g/mol. The summed E-state index contributed by atoms with van der Waals surface area (Å²) in [5.41, 5.74) is 2.14. The molecular formula is C19H25N5O4S. The van der Waals surface area contributed by atoms with Gasteiger partial charge in [-0.2, -0.15) is 10.2 Å². The summed E-state index contributed by atoms with van der Waals surface area (Å²) in [6.45, 7) is 4.97. The van der Waals surface area contributed by atoms with Crippen LogP contribution in [0.3, 0.4) is 0 Å². The highest BCUT2D eigenvalue weighted by Crippen LogP contribution is 2.12. The minimum atomic E-state index is -0.537. The van der Waals surface area contributed by atoms with Crippen molar-refractivity contribution in [2.45, 2.75) is 25.3 Å². The number of nitrogens with zero attached hydrogens (tertiary/aromatic N) is 4. The van der Waals surface area contributed by atoms with E-state index < -0.39 is 17.2 Å². The van der Waals surface area contributed by atoms with Gasteiger partial charge in [-0.1, -0.05) is 25.6 Å². The van der Waals surface area contributed by atoms with Crippen molar-refractivity contribution in [2.24, 2.45) is 25.1 Å². The second-order valence-electron chi connectivity index (χ2n) is 6.76. The van der Waals surface area contributed by atoms with Crippen molar-refractivity contribution in [3.63, 3.8) is 0 Å². The molecule has 0 radical (unpaired) electrons. The van der Waals surface area contributed by atoms with Crippen LogP contribution in [0.15, 0.2) is 44.0 Å². The Morgan fingerprint density at radius 2 is 1.97 bits per heavy atom. The number of hydrogen-bond donors (Lipinski definition) is 1. The molecule has 0 aliphatic rings. The van der Waals surface area contributed by atoms with Crippen molar-refractivity contribution in [3.8, 4) is 5.75 Å². The number of rotatable bonds is 9. The molecule has 1 amide bonds. The Hall–Kier alpha value is -2.88. The second kappa shape index (κ2) is 10.6. The number of amides is 1. The molecule has 0 saturated heterocycles. The molecule has 1 N–H and O–H groups in total. The third kappa shape index (κ3) is 6.90. The van der Waals surface area contributed by atoms with Crippen LogP contribution in [0, 0.1) is 5.92 Å². The van der Waals surface area contributed by atoms with Crippen LogP contribution >= 0.6 is 11.8 Å². The van der Waals surface area contributed by atoms with Gasteiger partial charge in [0.25, 0.3) is 5.56 Å². The summed E-state index contributed by atoms with van der Waals surface area (Å²) in [6.07, 6.45) is 2.51. The lowest BCUT2D eigenvalue weighted by Gasteiger charge is -2.07. The van der Waals surface area contributed by atoms with Gasteiger partial charge in [0.2, 0.25) is 5.91 Å². The fraction of sp³-hybridized carbons (Fsp3) is 0.421. The van der Waals surface area contributed by atoms with Gasteiger partial charge in [0.1, 0.15) is 5.75 Å². The fourth-order valence-electron chi connectivity index (χ4n) is 2.17. The number of aryl methyl sites for hydroxylation is 1. The van der Waals surface area contributed by atoms with Crippen molar-refractivity contribution >= 4 is 23.9 Å². The largest absolute Gasteiger partial charge is 0.494 e. The number of thioether (sulfide) groups is 1. The van der Waals surface area contributed by atoms with Gasteiger partial charge < -0.3 is 4.74 Å². The van der Waals surface area contributed by atoms with E-state index >= 15 is 0 Å². The fourth-order valence-corrected chi connectivity index (χ4v) is 2.94. The van der Waals surface area contributed by atoms with E-state index in [0.717, 1.165) is 38.7 Å². The zero-order chi connectivity index (χ0) is 21.4. The summed E-state index contributed by atoms with van der Waals surface area (Å²) in [6, 6.07) is 7.38. The van der Waals surface area contributed by atoms with E-state index in [9.17, 15) is 14.4 Å². The first-order chi connectivity index (χ1) is 13.8. The van der Waals surface area contributed by atoms with Gasteiger partial charge in [0.05, 0.1) is 18.6 Å². The zero-order valence-electron chi connectivity index (χ0n) is 16.9. The van der Waals surface area contributed by atoms with E-state index in [-0.39, 0.29) is 10.8 Å². The van der Waals surface area contributed by atoms with E-state index in [1.807, 2.05) is 24.3 Å². The summed E-state index contributed by atoms with van der Waals surface area (Å²) < 4.78 is 7.65. The highest BCUT2D eigenvalue weighted by molar-refractivity contribution is 7.99. The minimum Gasteiger partial charge on any atom is -0.494 e. The van der Waals surface area contributed by atoms with Gasteiger partial charge in [0.15, 0.2) is 5.03 Å². The minimum absolute atomic E-state index is 0.0551. The number of carbonyl (C=O) groups excluding carboxylic acids is 1. The molecule has 1 heterocycles. The average Bonchev–Trinajstić information content (AvgIpc) is 2.69. The van der Waals surface area contributed by atoms with E-state index in [2.05, 4.69) is 29.5 Å². The molecule has 1 aromatic carbocycles. The van der Waals surface area contributed by atoms with Crippen molar-refractivity contribution < 1.29 is 9.53 Å². The van der Waals surface area contributed by atoms with E-state index in [1.54, 1.807) is 0 Å². The van der Waals surface area contributed by atoms with Crippen LogP contribution in [-0.4, -0.2) is 38.8 Å². The molecule has 0 aliphatic heterocycles. The smallest absolute Gasteiger partial charge is 0.346 e. The molecule has 9 nitrogen and oxygen atoms in total. The van der Waals surface area contributed by atoms with Crippen LogP contribution in [0.1, 0.15) is 25.8 Å². The first-order valence-corrected chi connectivity index (χ1v) is 10.1. The molecule has 156 valence electrons. The van der Waals surface area contributed by atoms with Crippen LogP contribution < -0.4 is 21.4 Å². The van der Waals surface area contributed by atoms with Crippen molar-refractivity contribution in [3.05, 3.63) is 50.7 Å². The Labute approximate surface area is 172 Å². The predicted molar refractivity (Wildman–Crippen MR) is 113 cm³/mol. The van der Waals surface area contributed by atoms with E-state index in [0.29, 0.717) is 12.5 Å². The summed E-state index contributed by atoms with van der Waals surface area (Å²) in [5.74, 6) is 0.934. The Kier molecular flexibility index (Phi) is 8.20. The molecule has 2 aromatic rings. The van der Waals surface area contributed by atoms with Crippen LogP contribution in [0.4, 0.5) is 0 Å². The quantitative estimate of drug-likeness (QED) is 0.371. The zero-order valence-corrected chi connectivity index (χ0v) is 17.7. The Bertz CT molecular complexity index is 980. The van der Waals surface area contributed by atoms with Gasteiger partial charge in [-0.25, -0.2) is 14.9 Å². The van der Waals surface area contributed by atoms with Crippen molar-refractivity contribution in [1.29, 1.82) is 0 Å². The molecule has 0 saturated carbocycles. The number of ether oxygens (including phenoxy) is 1. The number of carbonyl (C=O) groups is 1. The Balaban J connectivity index is 1.82. The Morgan fingerprint density at radius 3 is 2.62 bits per heavy atom. The molecule has 0 unspecified atom stereocenters. The predicted octanol–water partition coefficient (Wildman–Crippen LogP) is 1.15. The standard InChI is InChI=1S/C19H25N5O4S/c1-13(2)9-10-28-15-7-5-14(6-8-15)11-20-21-16(25)12-29-17-18(26)23(3)19(27)24(4)22-17/h5-8,11,13H,9-10,12H2,1-4H3,(H,21,25)/b20-11-. The van der Waals surface area contributed by atoms with E-state index in [4.69, 9.17) is 4.74 Å². The molecule has 1 aromatic heterocycles. The van der Waals surface area contributed by atoms with Crippen molar-refractivity contribution in [2.75, 3.05) is 12.4 Å². The van der Waals surface area contributed by atoms with Crippen LogP contribution in [0.25, 0.3) is 0 Å². The third-order valence-electron chi connectivity index (χ3n) is 3.88. The molecule has 0 atom stereocenters. The molecule has 0 bridgehead atoms. The number of hydrogen-bond acceptors (Lipinski definition) is 7. The van der Waals surface area contributed by atoms with Crippen LogP contribution in [-0.2, 0) is 18.9 Å². The molecule has 0 fully saturated rings. The van der Waals surface area contributed by atoms with E-state index in [1.165, 1.54) is 20.3 Å². The average molecular weight is 420 g/mol. The SMILES string of the molecule is CC(C)CCOc1ccc(/C=N\NC(=O)CSc2nn(C)c(=O)n(C)c2=O)cc1. The van der Waals surface area contributed by atoms with Gasteiger partial charge >= 0.3 is 5.69 Å². The number of aromatic nitrogens is 3.